The molecule has 1 unspecified atom stereocenters. The van der Waals surface area contributed by atoms with E-state index in [0.29, 0.717) is 12.8 Å². The Balaban J connectivity index is 1.50. The fraction of sp³-hybridized carbons (Fsp3) is 0.235. The number of para-hydroxylation sites is 1. The number of rotatable bonds is 6. The zero-order valence-corrected chi connectivity index (χ0v) is 12.9. The van der Waals surface area contributed by atoms with Crippen LogP contribution in [0.3, 0.4) is 0 Å². The van der Waals surface area contributed by atoms with Crippen LogP contribution in [-0.2, 0) is 11.2 Å². The lowest BCUT2D eigenvalue weighted by Crippen LogP contribution is -2.28. The smallest absolute Gasteiger partial charge is 0.220 e. The number of fused-ring (bicyclic) bond motifs is 1. The summed E-state index contributed by atoms with van der Waals surface area (Å²) in [7, 11) is 0. The minimum Gasteiger partial charge on any atom is -0.387 e. The van der Waals surface area contributed by atoms with Crippen LogP contribution in [0.4, 0.5) is 0 Å². The predicted octanol–water partition coefficient (Wildman–Crippen LogP) is 3.01. The van der Waals surface area contributed by atoms with Gasteiger partial charge in [-0.2, -0.15) is 11.3 Å². The number of carbonyl (C=O) groups is 1. The molecule has 5 heteroatoms. The van der Waals surface area contributed by atoms with E-state index in [1.54, 1.807) is 0 Å². The van der Waals surface area contributed by atoms with Gasteiger partial charge < -0.3 is 15.4 Å². The number of hydrogen-bond donors (Lipinski definition) is 3. The normalized spacial score (nSPS) is 12.4. The van der Waals surface area contributed by atoms with Gasteiger partial charge in [0.1, 0.15) is 0 Å². The van der Waals surface area contributed by atoms with Gasteiger partial charge >= 0.3 is 0 Å². The summed E-state index contributed by atoms with van der Waals surface area (Å²) in [5.74, 6) is -0.0421. The van der Waals surface area contributed by atoms with Crippen LogP contribution in [0.25, 0.3) is 10.9 Å². The second-order valence-electron chi connectivity index (χ2n) is 5.24. The SMILES string of the molecule is O=C(CCc1c[nH]c2ccccc12)NCC(O)c1ccsc1. The molecule has 22 heavy (non-hydrogen) atoms. The van der Waals surface area contributed by atoms with Gasteiger partial charge in [0, 0.05) is 30.1 Å². The quantitative estimate of drug-likeness (QED) is 0.655. The number of H-pyrrole nitrogens is 1. The van der Waals surface area contributed by atoms with E-state index in [0.717, 1.165) is 22.0 Å². The highest BCUT2D eigenvalue weighted by atomic mass is 32.1. The Hall–Kier alpha value is -2.11. The number of benzene rings is 1. The number of aliphatic hydroxyl groups is 1. The van der Waals surface area contributed by atoms with Gasteiger partial charge in [-0.15, -0.1) is 0 Å². The van der Waals surface area contributed by atoms with Crippen LogP contribution in [0.15, 0.2) is 47.3 Å². The third kappa shape index (κ3) is 3.37. The Bertz CT molecular complexity index is 749. The van der Waals surface area contributed by atoms with E-state index in [2.05, 4.69) is 16.4 Å². The van der Waals surface area contributed by atoms with Gasteiger partial charge in [-0.3, -0.25) is 4.79 Å². The van der Waals surface area contributed by atoms with E-state index < -0.39 is 6.10 Å². The van der Waals surface area contributed by atoms with Crippen molar-refractivity contribution in [2.24, 2.45) is 0 Å². The monoisotopic (exact) mass is 314 g/mol. The Morgan fingerprint density at radius 1 is 1.32 bits per heavy atom. The molecule has 3 N–H and O–H groups in total. The lowest BCUT2D eigenvalue weighted by molar-refractivity contribution is -0.121. The number of nitrogens with one attached hydrogen (secondary N) is 2. The molecule has 1 atom stereocenters. The van der Waals surface area contributed by atoms with Crippen molar-refractivity contribution in [3.05, 3.63) is 58.4 Å². The Kier molecular flexibility index (Phi) is 4.56. The average Bonchev–Trinajstić information content (AvgIpc) is 3.20. The first-order valence-electron chi connectivity index (χ1n) is 7.26. The van der Waals surface area contributed by atoms with Crippen LogP contribution < -0.4 is 5.32 Å². The molecular weight excluding hydrogens is 296 g/mol. The fourth-order valence-corrected chi connectivity index (χ4v) is 3.18. The van der Waals surface area contributed by atoms with Crippen molar-refractivity contribution in [2.45, 2.75) is 18.9 Å². The first kappa shape index (κ1) is 14.8. The van der Waals surface area contributed by atoms with E-state index in [1.807, 2.05) is 41.2 Å². The molecule has 4 nitrogen and oxygen atoms in total. The summed E-state index contributed by atoms with van der Waals surface area (Å²) in [5.41, 5.74) is 3.08. The summed E-state index contributed by atoms with van der Waals surface area (Å²) >= 11 is 1.54. The van der Waals surface area contributed by atoms with Crippen molar-refractivity contribution in [3.8, 4) is 0 Å². The maximum atomic E-state index is 11.9. The Labute approximate surface area is 132 Å². The molecule has 3 rings (SSSR count). The van der Waals surface area contributed by atoms with Gasteiger partial charge in [0.05, 0.1) is 6.10 Å². The molecule has 2 heterocycles. The number of aromatic nitrogens is 1. The number of amides is 1. The molecular formula is C17H18N2O2S. The van der Waals surface area contributed by atoms with Crippen LogP contribution in [0, 0.1) is 0 Å². The van der Waals surface area contributed by atoms with E-state index in [-0.39, 0.29) is 12.5 Å². The zero-order chi connectivity index (χ0) is 15.4. The lowest BCUT2D eigenvalue weighted by Gasteiger charge is -2.10. The van der Waals surface area contributed by atoms with Gasteiger partial charge in [-0.05, 0) is 40.4 Å². The van der Waals surface area contributed by atoms with E-state index >= 15 is 0 Å². The summed E-state index contributed by atoms with van der Waals surface area (Å²) in [6.07, 6.45) is 2.42. The second-order valence-corrected chi connectivity index (χ2v) is 6.02. The minimum absolute atomic E-state index is 0.0421. The van der Waals surface area contributed by atoms with Crippen molar-refractivity contribution in [1.82, 2.24) is 10.3 Å². The molecule has 1 amide bonds. The van der Waals surface area contributed by atoms with Gasteiger partial charge in [-0.25, -0.2) is 0 Å². The number of aryl methyl sites for hydroxylation is 1. The standard InChI is InChI=1S/C17H18N2O2S/c20-16(13-7-8-22-11-13)10-19-17(21)6-5-12-9-18-15-4-2-1-3-14(12)15/h1-4,7-9,11,16,18,20H,5-6,10H2,(H,19,21). The molecule has 0 aliphatic heterocycles. The summed E-state index contributed by atoms with van der Waals surface area (Å²) in [6.45, 7) is 0.253. The highest BCUT2D eigenvalue weighted by Gasteiger charge is 2.10. The first-order valence-corrected chi connectivity index (χ1v) is 8.20. The third-order valence-corrected chi connectivity index (χ3v) is 4.42. The van der Waals surface area contributed by atoms with Crippen LogP contribution in [0.2, 0.25) is 0 Å². The average molecular weight is 314 g/mol. The number of aliphatic hydroxyl groups excluding tert-OH is 1. The molecule has 2 aromatic heterocycles. The van der Waals surface area contributed by atoms with Crippen LogP contribution in [-0.4, -0.2) is 22.5 Å². The van der Waals surface area contributed by atoms with Crippen molar-refractivity contribution < 1.29 is 9.90 Å². The summed E-state index contributed by atoms with van der Waals surface area (Å²) < 4.78 is 0. The van der Waals surface area contributed by atoms with Crippen LogP contribution in [0.1, 0.15) is 23.7 Å². The number of hydrogen-bond acceptors (Lipinski definition) is 3. The number of carbonyl (C=O) groups excluding carboxylic acids is 1. The maximum absolute atomic E-state index is 11.9. The summed E-state index contributed by atoms with van der Waals surface area (Å²) in [6, 6.07) is 9.93. The van der Waals surface area contributed by atoms with Gasteiger partial charge in [0.15, 0.2) is 0 Å². The van der Waals surface area contributed by atoms with E-state index in [1.165, 1.54) is 11.3 Å². The molecule has 114 valence electrons. The molecule has 0 saturated carbocycles. The Morgan fingerprint density at radius 2 is 2.18 bits per heavy atom. The molecule has 0 radical (unpaired) electrons. The third-order valence-electron chi connectivity index (χ3n) is 3.72. The van der Waals surface area contributed by atoms with Crippen molar-refractivity contribution in [2.75, 3.05) is 6.54 Å². The lowest BCUT2D eigenvalue weighted by atomic mass is 10.1. The minimum atomic E-state index is -0.636. The molecule has 0 fully saturated rings. The highest BCUT2D eigenvalue weighted by molar-refractivity contribution is 7.07. The van der Waals surface area contributed by atoms with Gasteiger partial charge in [0.25, 0.3) is 0 Å². The fourth-order valence-electron chi connectivity index (χ4n) is 2.47. The molecule has 0 aliphatic carbocycles. The van der Waals surface area contributed by atoms with Crippen molar-refractivity contribution in [3.63, 3.8) is 0 Å². The number of thiophene rings is 1. The van der Waals surface area contributed by atoms with Crippen LogP contribution >= 0.6 is 11.3 Å². The topological polar surface area (TPSA) is 65.1 Å². The zero-order valence-electron chi connectivity index (χ0n) is 12.1. The highest BCUT2D eigenvalue weighted by Crippen LogP contribution is 2.19. The molecule has 0 saturated heterocycles. The maximum Gasteiger partial charge on any atom is 0.220 e. The van der Waals surface area contributed by atoms with Crippen molar-refractivity contribution in [1.29, 1.82) is 0 Å². The first-order chi connectivity index (χ1) is 10.7. The Morgan fingerprint density at radius 3 is 3.00 bits per heavy atom. The number of aromatic amines is 1. The van der Waals surface area contributed by atoms with Crippen molar-refractivity contribution >= 4 is 28.1 Å². The predicted molar refractivity (Wildman–Crippen MR) is 88.9 cm³/mol. The van der Waals surface area contributed by atoms with E-state index in [9.17, 15) is 9.90 Å². The summed E-state index contributed by atoms with van der Waals surface area (Å²) in [4.78, 5) is 15.1. The largest absolute Gasteiger partial charge is 0.387 e. The van der Waals surface area contributed by atoms with Crippen LogP contribution in [0.5, 0.6) is 0 Å². The molecule has 1 aromatic carbocycles. The molecule has 0 bridgehead atoms. The van der Waals surface area contributed by atoms with Gasteiger partial charge in [-0.1, -0.05) is 18.2 Å². The molecule has 3 aromatic rings. The van der Waals surface area contributed by atoms with Gasteiger partial charge in [0.2, 0.25) is 5.91 Å². The molecule has 0 spiro atoms. The van der Waals surface area contributed by atoms with E-state index in [4.69, 9.17) is 0 Å². The molecule has 0 aliphatic rings. The second kappa shape index (κ2) is 6.77. The summed E-state index contributed by atoms with van der Waals surface area (Å²) in [5, 5.41) is 17.7.